The first-order valence-electron chi connectivity index (χ1n) is 20.8. The highest BCUT2D eigenvalue weighted by Crippen LogP contribution is 2.52. The van der Waals surface area contributed by atoms with E-state index in [2.05, 4.69) is 6.92 Å². The summed E-state index contributed by atoms with van der Waals surface area (Å²) >= 11 is 56.9. The Morgan fingerprint density at radius 3 is 0.731 bits per heavy atom. The summed E-state index contributed by atoms with van der Waals surface area (Å²) in [6.07, 6.45) is 1.07. The average molecular weight is 1110 g/mol. The SMILES string of the molecule is CCC[SiH2]C(c1ccc(OC)cc1)(c1ccc(OC)cc1)C(Cl)(Cl)Cl.COc1ccc(C(c2ccc(OC)cc2)C(Cl)(Cl)Cl)cc1.COc1ccc(C(c2ccc(OC)cc2)C(Cl)(Cl)Cl)cc1. The molecule has 6 nitrogen and oxygen atoms in total. The van der Waals surface area contributed by atoms with Crippen molar-refractivity contribution in [2.75, 3.05) is 42.7 Å². The van der Waals surface area contributed by atoms with Gasteiger partial charge in [0.2, 0.25) is 11.4 Å². The van der Waals surface area contributed by atoms with Gasteiger partial charge in [0.25, 0.3) is 0 Å². The summed E-state index contributed by atoms with van der Waals surface area (Å²) < 4.78 is 26.8. The molecule has 0 heterocycles. The van der Waals surface area contributed by atoms with Crippen molar-refractivity contribution in [3.05, 3.63) is 179 Å². The summed E-state index contributed by atoms with van der Waals surface area (Å²) in [6.45, 7) is 2.16. The number of hydrogen-bond acceptors (Lipinski definition) is 6. The number of benzene rings is 6. The molecule has 0 N–H and O–H groups in total. The molecule has 0 saturated heterocycles. The Morgan fingerprint density at radius 2 is 0.567 bits per heavy atom. The van der Waals surface area contributed by atoms with Crippen LogP contribution in [0, 0.1) is 0 Å². The average Bonchev–Trinajstić information content (AvgIpc) is 3.32. The highest BCUT2D eigenvalue weighted by Gasteiger charge is 2.50. The molecule has 0 saturated carbocycles. The second-order valence-electron chi connectivity index (χ2n) is 15.0. The van der Waals surface area contributed by atoms with Gasteiger partial charge in [0.05, 0.1) is 59.5 Å². The largest absolute Gasteiger partial charge is 0.497 e. The van der Waals surface area contributed by atoms with E-state index < -0.39 is 25.9 Å². The van der Waals surface area contributed by atoms with Crippen LogP contribution in [0.5, 0.6) is 34.5 Å². The Balaban J connectivity index is 0.000000221. The molecule has 16 heteroatoms. The topological polar surface area (TPSA) is 55.4 Å². The van der Waals surface area contributed by atoms with Gasteiger partial charge in [-0.2, -0.15) is 0 Å². The van der Waals surface area contributed by atoms with Crippen LogP contribution in [0.15, 0.2) is 146 Å². The molecule has 360 valence electrons. The van der Waals surface area contributed by atoms with Gasteiger partial charge in [0.15, 0.2) is 0 Å². The van der Waals surface area contributed by atoms with Crippen molar-refractivity contribution in [1.82, 2.24) is 0 Å². The summed E-state index contributed by atoms with van der Waals surface area (Å²) in [5.74, 6) is 3.86. The van der Waals surface area contributed by atoms with Gasteiger partial charge in [-0.3, -0.25) is 0 Å². The van der Waals surface area contributed by atoms with E-state index in [1.165, 1.54) is 0 Å². The van der Waals surface area contributed by atoms with Gasteiger partial charge in [-0.1, -0.05) is 197 Å². The predicted octanol–water partition coefficient (Wildman–Crippen LogP) is 15.7. The Labute approximate surface area is 442 Å². The second kappa shape index (κ2) is 26.2. The van der Waals surface area contributed by atoms with Crippen LogP contribution in [-0.2, 0) is 5.04 Å². The highest BCUT2D eigenvalue weighted by molar-refractivity contribution is 6.72. The zero-order chi connectivity index (χ0) is 49.4. The van der Waals surface area contributed by atoms with Crippen LogP contribution in [0.3, 0.4) is 0 Å². The molecule has 0 spiro atoms. The summed E-state index contributed by atoms with van der Waals surface area (Å²) in [6, 6.07) is 46.8. The molecule has 67 heavy (non-hydrogen) atoms. The first-order valence-corrected chi connectivity index (χ1v) is 26.0. The summed E-state index contributed by atoms with van der Waals surface area (Å²) in [5, 5.41) is -0.619. The highest BCUT2D eigenvalue weighted by atomic mass is 35.6. The molecule has 0 amide bonds. The molecule has 0 aliphatic heterocycles. The normalized spacial score (nSPS) is 11.9. The molecular weight excluding hydrogens is 1060 g/mol. The van der Waals surface area contributed by atoms with E-state index in [0.29, 0.717) is 0 Å². The van der Waals surface area contributed by atoms with Crippen LogP contribution < -0.4 is 28.4 Å². The summed E-state index contributed by atoms with van der Waals surface area (Å²) in [7, 11) is 8.96. The number of ether oxygens (including phenoxy) is 6. The van der Waals surface area contributed by atoms with Crippen LogP contribution in [0.25, 0.3) is 0 Å². The van der Waals surface area contributed by atoms with E-state index >= 15 is 0 Å². The van der Waals surface area contributed by atoms with E-state index in [9.17, 15) is 0 Å². The smallest absolute Gasteiger partial charge is 0.201 e. The Bertz CT molecular complexity index is 2100. The van der Waals surface area contributed by atoms with Crippen molar-refractivity contribution in [3.8, 4) is 34.5 Å². The van der Waals surface area contributed by atoms with Crippen molar-refractivity contribution in [2.45, 2.75) is 47.6 Å². The second-order valence-corrected chi connectivity index (χ2v) is 24.3. The van der Waals surface area contributed by atoms with Gasteiger partial charge < -0.3 is 28.4 Å². The third kappa shape index (κ3) is 15.5. The zero-order valence-corrected chi connectivity index (χ0v) is 46.2. The molecule has 6 rings (SSSR count). The lowest BCUT2D eigenvalue weighted by atomic mass is 9.91. The fraction of sp³-hybridized carbons (Fsp3) is 0.294. The van der Waals surface area contributed by atoms with Crippen molar-refractivity contribution >= 4 is 114 Å². The van der Waals surface area contributed by atoms with Gasteiger partial charge in [-0.05, 0) is 106 Å². The lowest BCUT2D eigenvalue weighted by Crippen LogP contribution is -2.46. The molecule has 0 fully saturated rings. The number of alkyl halides is 9. The van der Waals surface area contributed by atoms with E-state index in [4.69, 9.17) is 133 Å². The van der Waals surface area contributed by atoms with E-state index in [1.807, 2.05) is 146 Å². The quantitative estimate of drug-likeness (QED) is 0.0754. The van der Waals surface area contributed by atoms with Gasteiger partial charge in [-0.15, -0.1) is 0 Å². The van der Waals surface area contributed by atoms with Crippen molar-refractivity contribution < 1.29 is 28.4 Å². The van der Waals surface area contributed by atoms with Crippen molar-refractivity contribution in [2.24, 2.45) is 0 Å². The van der Waals surface area contributed by atoms with Crippen LogP contribution >= 0.6 is 104 Å². The number of rotatable bonds is 15. The van der Waals surface area contributed by atoms with Crippen LogP contribution in [0.2, 0.25) is 6.04 Å². The van der Waals surface area contributed by atoms with Crippen molar-refractivity contribution in [1.29, 1.82) is 0 Å². The molecular formula is C51H53Cl9O6Si. The standard InChI is InChI=1S/C19H23Cl3O2Si.2C16H15Cl3O2/c1-4-13-25-18(19(20,21)22,14-5-9-16(23-2)10-6-14)15-7-11-17(24-3)12-8-15;2*1-20-13-7-3-11(4-8-13)15(16(17,18)19)12-5-9-14(21-2)10-6-12/h5-12H,4,13,25H2,1-3H3;2*3-10,15H,1-2H3. The number of methoxy groups -OCH3 is 6. The molecule has 0 unspecified atom stereocenters. The maximum absolute atomic E-state index is 6.61. The van der Waals surface area contributed by atoms with E-state index in [0.717, 1.165) is 80.3 Å². The Morgan fingerprint density at radius 1 is 0.358 bits per heavy atom. The monoisotopic (exact) mass is 1100 g/mol. The zero-order valence-electron chi connectivity index (χ0n) is 38.0. The molecule has 0 aliphatic carbocycles. The molecule has 0 aromatic heterocycles. The van der Waals surface area contributed by atoms with Crippen LogP contribution in [-0.4, -0.2) is 63.6 Å². The Kier molecular flexibility index (Phi) is 22.1. The summed E-state index contributed by atoms with van der Waals surface area (Å²) in [4.78, 5) is 0. The van der Waals surface area contributed by atoms with Crippen LogP contribution in [0.1, 0.15) is 58.6 Å². The Hall–Kier alpha value is -3.05. The molecule has 0 aliphatic rings. The van der Waals surface area contributed by atoms with Gasteiger partial charge in [0.1, 0.15) is 34.5 Å². The fourth-order valence-corrected chi connectivity index (χ4v) is 12.7. The maximum Gasteiger partial charge on any atom is 0.201 e. The number of hydrogen-bond donors (Lipinski definition) is 0. The summed E-state index contributed by atoms with van der Waals surface area (Å²) in [5.41, 5.74) is 5.64. The first-order chi connectivity index (χ1) is 31.8. The molecule has 0 radical (unpaired) electrons. The predicted molar refractivity (Wildman–Crippen MR) is 287 cm³/mol. The van der Waals surface area contributed by atoms with Gasteiger partial charge >= 0.3 is 0 Å². The van der Waals surface area contributed by atoms with E-state index in [-0.39, 0.29) is 11.8 Å². The third-order valence-corrected chi connectivity index (χ3v) is 17.1. The third-order valence-electron chi connectivity index (χ3n) is 11.0. The molecule has 0 bridgehead atoms. The minimum absolute atomic E-state index is 0.376. The fourth-order valence-electron chi connectivity index (χ4n) is 7.44. The number of halogens is 9. The van der Waals surface area contributed by atoms with Gasteiger partial charge in [0, 0.05) is 9.52 Å². The molecule has 6 aromatic carbocycles. The van der Waals surface area contributed by atoms with Crippen LogP contribution in [0.4, 0.5) is 0 Å². The maximum atomic E-state index is 6.61. The lowest BCUT2D eigenvalue weighted by molar-refractivity contribution is 0.414. The van der Waals surface area contributed by atoms with E-state index in [1.54, 1.807) is 42.7 Å². The minimum Gasteiger partial charge on any atom is -0.497 e. The van der Waals surface area contributed by atoms with Gasteiger partial charge in [-0.25, -0.2) is 0 Å². The minimum atomic E-state index is -1.46. The lowest BCUT2D eigenvalue weighted by Gasteiger charge is -2.41. The van der Waals surface area contributed by atoms with Crippen molar-refractivity contribution in [3.63, 3.8) is 0 Å². The first kappa shape index (κ1) is 56.5. The molecule has 0 atom stereocenters. The molecule has 6 aromatic rings.